The summed E-state index contributed by atoms with van der Waals surface area (Å²) in [5, 5.41) is 2.61. The van der Waals surface area contributed by atoms with Gasteiger partial charge in [0.25, 0.3) is 12.3 Å². The van der Waals surface area contributed by atoms with E-state index in [4.69, 9.17) is 11.6 Å². The van der Waals surface area contributed by atoms with Crippen LogP contribution in [0.3, 0.4) is 0 Å². The van der Waals surface area contributed by atoms with Crippen molar-refractivity contribution in [3.63, 3.8) is 0 Å². The smallest absolute Gasteiger partial charge is 0.420 e. The minimum Gasteiger partial charge on any atom is -0.420 e. The van der Waals surface area contributed by atoms with Crippen molar-refractivity contribution in [1.82, 2.24) is 19.5 Å². The van der Waals surface area contributed by atoms with Crippen molar-refractivity contribution >= 4 is 34.2 Å². The molecular weight excluding hydrogens is 466 g/mol. The lowest BCUT2D eigenvalue weighted by atomic mass is 10.0. The highest BCUT2D eigenvalue weighted by atomic mass is 35.5. The van der Waals surface area contributed by atoms with E-state index in [1.54, 1.807) is 0 Å². The molecule has 1 amide bonds. The van der Waals surface area contributed by atoms with Gasteiger partial charge < -0.3 is 14.6 Å². The molecule has 0 bridgehead atoms. The van der Waals surface area contributed by atoms with Gasteiger partial charge in [-0.3, -0.25) is 4.79 Å². The van der Waals surface area contributed by atoms with Crippen LogP contribution in [0, 0.1) is 0 Å². The number of hydrogen-bond donors (Lipinski definition) is 1. The summed E-state index contributed by atoms with van der Waals surface area (Å²) in [6.07, 6.45) is 1.48. The van der Waals surface area contributed by atoms with E-state index in [0.717, 1.165) is 0 Å². The number of carbonyl (C=O) groups is 1. The molecule has 0 saturated heterocycles. The number of ether oxygens (including phenoxy) is 1. The molecule has 2 heterocycles. The minimum absolute atomic E-state index is 0.132. The van der Waals surface area contributed by atoms with Crippen molar-refractivity contribution in [2.45, 2.75) is 12.0 Å². The van der Waals surface area contributed by atoms with E-state index >= 15 is 0 Å². The lowest BCUT2D eigenvalue weighted by Crippen LogP contribution is -2.16. The molecule has 2 aromatic heterocycles. The van der Waals surface area contributed by atoms with Gasteiger partial charge in [-0.05, 0) is 36.4 Å². The minimum atomic E-state index is -3.86. The van der Waals surface area contributed by atoms with Crippen LogP contribution in [0.25, 0.3) is 22.2 Å². The van der Waals surface area contributed by atoms with Crippen molar-refractivity contribution < 1.29 is 27.1 Å². The molecule has 7 nitrogen and oxygen atoms in total. The number of nitrogens with zero attached hydrogens (tertiary/aromatic N) is 4. The highest BCUT2D eigenvalue weighted by molar-refractivity contribution is 6.20. The predicted octanol–water partition coefficient (Wildman–Crippen LogP) is 5.39. The molecule has 2 aromatic carbocycles. The number of amides is 1. The van der Waals surface area contributed by atoms with Crippen molar-refractivity contribution in [3.8, 4) is 16.9 Å². The van der Waals surface area contributed by atoms with E-state index in [1.165, 1.54) is 66.7 Å². The fourth-order valence-electron chi connectivity index (χ4n) is 3.30. The Morgan fingerprint density at radius 1 is 1.15 bits per heavy atom. The van der Waals surface area contributed by atoms with Crippen LogP contribution in [0.1, 0.15) is 22.6 Å². The third-order valence-corrected chi connectivity index (χ3v) is 4.76. The van der Waals surface area contributed by atoms with Crippen LogP contribution in [-0.4, -0.2) is 31.0 Å². The summed E-state index contributed by atoms with van der Waals surface area (Å²) in [7, 11) is 1.46. The Morgan fingerprint density at radius 3 is 2.42 bits per heavy atom. The average molecular weight is 480 g/mol. The first-order valence-electron chi connectivity index (χ1n) is 9.33. The summed E-state index contributed by atoms with van der Waals surface area (Å²) in [5.74, 6) is -1.23. The van der Waals surface area contributed by atoms with Gasteiger partial charge in [0, 0.05) is 53.4 Å². The summed E-state index contributed by atoms with van der Waals surface area (Å²) in [5.41, 5.74) is -1.93. The lowest BCUT2D eigenvalue weighted by Gasteiger charge is -2.12. The molecule has 33 heavy (non-hydrogen) atoms. The van der Waals surface area contributed by atoms with Gasteiger partial charge in [0.2, 0.25) is 0 Å². The molecule has 4 aromatic rings. The molecule has 12 heteroatoms. The van der Waals surface area contributed by atoms with Gasteiger partial charge in [0.1, 0.15) is 12.1 Å². The van der Waals surface area contributed by atoms with Gasteiger partial charge in [-0.1, -0.05) is 0 Å². The monoisotopic (exact) mass is 479 g/mol. The Kier molecular flexibility index (Phi) is 5.90. The topological polar surface area (TPSA) is 81.9 Å². The Hall–Kier alpha value is -3.73. The van der Waals surface area contributed by atoms with Gasteiger partial charge in [-0.15, -0.1) is 8.78 Å². The lowest BCUT2D eigenvalue weighted by molar-refractivity contribution is -0.0964. The van der Waals surface area contributed by atoms with Crippen LogP contribution in [0.5, 0.6) is 5.75 Å². The molecular formula is C21H14ClF4N5O2. The quantitative estimate of drug-likeness (QED) is 0.296. The first-order chi connectivity index (χ1) is 15.6. The van der Waals surface area contributed by atoms with E-state index in [1.807, 2.05) is 0 Å². The maximum atomic E-state index is 13.4. The summed E-state index contributed by atoms with van der Waals surface area (Å²) in [6, 6.07) is 7.99. The van der Waals surface area contributed by atoms with Crippen LogP contribution in [0.4, 0.5) is 23.2 Å². The molecule has 4 rings (SSSR count). The number of hydrogen-bond acceptors (Lipinski definition) is 5. The third kappa shape index (κ3) is 4.87. The predicted molar refractivity (Wildman–Crippen MR) is 113 cm³/mol. The summed E-state index contributed by atoms with van der Waals surface area (Å²) in [4.78, 5) is 24.8. The van der Waals surface area contributed by atoms with Crippen molar-refractivity contribution in [3.05, 3.63) is 66.5 Å². The van der Waals surface area contributed by atoms with Crippen LogP contribution in [-0.2, 0) is 7.05 Å². The summed E-state index contributed by atoms with van der Waals surface area (Å²) in [6.45, 7) is 0. The fourth-order valence-corrected chi connectivity index (χ4v) is 3.39. The zero-order valence-electron chi connectivity index (χ0n) is 16.8. The molecule has 0 unspecified atom stereocenters. The molecule has 1 N–H and O–H groups in total. The number of aryl methyl sites for hydroxylation is 1. The number of halogens is 5. The highest BCUT2D eigenvalue weighted by Gasteiger charge is 2.27. The van der Waals surface area contributed by atoms with Crippen LogP contribution in [0.15, 0.2) is 55.1 Å². The second-order valence-corrected chi connectivity index (χ2v) is 7.31. The van der Waals surface area contributed by atoms with Gasteiger partial charge >= 0.3 is 5.57 Å². The van der Waals surface area contributed by atoms with Crippen molar-refractivity contribution in [1.29, 1.82) is 0 Å². The molecule has 0 aliphatic carbocycles. The van der Waals surface area contributed by atoms with Gasteiger partial charge in [-0.25, -0.2) is 23.7 Å². The van der Waals surface area contributed by atoms with E-state index in [0.29, 0.717) is 16.6 Å². The maximum absolute atomic E-state index is 13.4. The van der Waals surface area contributed by atoms with Crippen LogP contribution in [0.2, 0.25) is 0 Å². The first kappa shape index (κ1) is 22.5. The second-order valence-electron chi connectivity index (χ2n) is 6.87. The second kappa shape index (κ2) is 8.66. The Morgan fingerprint density at radius 2 is 1.82 bits per heavy atom. The largest absolute Gasteiger partial charge is 0.487 e. The van der Waals surface area contributed by atoms with Crippen LogP contribution >= 0.6 is 11.6 Å². The Balaban J connectivity index is 1.71. The van der Waals surface area contributed by atoms with Crippen molar-refractivity contribution in [2.75, 3.05) is 5.32 Å². The zero-order valence-corrected chi connectivity index (χ0v) is 17.5. The molecule has 0 radical (unpaired) electrons. The number of anilines is 1. The number of nitrogens with one attached hydrogen (secondary N) is 1. The third-order valence-electron chi connectivity index (χ3n) is 4.68. The summed E-state index contributed by atoms with van der Waals surface area (Å²) < 4.78 is 57.8. The number of alkyl halides is 5. The average Bonchev–Trinajstić information content (AvgIpc) is 3.11. The number of benzene rings is 2. The van der Waals surface area contributed by atoms with Gasteiger partial charge in [-0.2, -0.15) is 0 Å². The summed E-state index contributed by atoms with van der Waals surface area (Å²) >= 11 is 4.73. The Labute approximate surface area is 189 Å². The molecule has 170 valence electrons. The van der Waals surface area contributed by atoms with Gasteiger partial charge in [0.15, 0.2) is 5.82 Å². The van der Waals surface area contributed by atoms with Gasteiger partial charge in [0.05, 0.1) is 11.0 Å². The fraction of sp³-hybridized carbons (Fsp3) is 0.143. The van der Waals surface area contributed by atoms with Crippen LogP contribution < -0.4 is 10.1 Å². The Bertz CT molecular complexity index is 1310. The van der Waals surface area contributed by atoms with Crippen molar-refractivity contribution in [2.24, 2.45) is 7.05 Å². The number of fused-ring (bicyclic) bond motifs is 1. The molecule has 0 aliphatic heterocycles. The number of aromatic nitrogens is 4. The zero-order chi connectivity index (χ0) is 23.8. The molecule has 0 saturated carbocycles. The molecule has 0 spiro atoms. The number of rotatable bonds is 6. The maximum Gasteiger partial charge on any atom is 0.487 e. The highest BCUT2D eigenvalue weighted by Crippen LogP contribution is 2.33. The molecule has 0 aliphatic rings. The van der Waals surface area contributed by atoms with E-state index in [9.17, 15) is 22.4 Å². The molecule has 0 atom stereocenters. The standard InChI is InChI=1S/C21H14ClF4N5O2/c1-31-17-15(12-8-27-10-28-9-12)6-11(7-16(17)30-19(31)18(23)24)20(32)29-13-2-4-14(5-3-13)33-21(22,25)26/h2-10,18H,1H3,(H,29,32). The SMILES string of the molecule is Cn1c(C(F)F)nc2cc(C(=O)Nc3ccc(OC(F)(F)Cl)cc3)cc(-c3cncnc3)c21. The van der Waals surface area contributed by atoms with E-state index in [-0.39, 0.29) is 22.5 Å². The van der Waals surface area contributed by atoms with E-state index in [2.05, 4.69) is 25.0 Å². The number of imidazole rings is 1. The first-order valence-corrected chi connectivity index (χ1v) is 9.71. The molecule has 0 fully saturated rings. The normalized spacial score (nSPS) is 11.7. The number of carbonyl (C=O) groups excluding carboxylic acids is 1. The van der Waals surface area contributed by atoms with E-state index < -0.39 is 23.7 Å².